The summed E-state index contributed by atoms with van der Waals surface area (Å²) >= 11 is 0. The summed E-state index contributed by atoms with van der Waals surface area (Å²) in [4.78, 5) is 24.2. The van der Waals surface area contributed by atoms with Gasteiger partial charge in [0.25, 0.3) is 0 Å². The van der Waals surface area contributed by atoms with Crippen LogP contribution in [0.3, 0.4) is 0 Å². The third-order valence-electron chi connectivity index (χ3n) is 6.30. The van der Waals surface area contributed by atoms with Gasteiger partial charge in [0.05, 0.1) is 31.0 Å². The van der Waals surface area contributed by atoms with Gasteiger partial charge in [-0.3, -0.25) is 14.5 Å². The molecule has 0 unspecified atom stereocenters. The lowest BCUT2D eigenvalue weighted by Gasteiger charge is -2.44. The minimum absolute atomic E-state index is 0.0355. The van der Waals surface area contributed by atoms with Gasteiger partial charge < -0.3 is 19.3 Å². The molecule has 2 aromatic rings. The van der Waals surface area contributed by atoms with Gasteiger partial charge in [-0.2, -0.15) is 0 Å². The lowest BCUT2D eigenvalue weighted by atomic mass is 9.93. The number of aromatic carboxylic acids is 1. The van der Waals surface area contributed by atoms with Crippen LogP contribution in [0.5, 0.6) is 11.5 Å². The number of rotatable bonds is 8. The summed E-state index contributed by atoms with van der Waals surface area (Å²) in [7, 11) is 1.59. The Kier molecular flexibility index (Phi) is 5.90. The Labute approximate surface area is 187 Å². The van der Waals surface area contributed by atoms with Crippen molar-refractivity contribution >= 4 is 5.97 Å². The van der Waals surface area contributed by atoms with E-state index in [4.69, 9.17) is 14.2 Å². The zero-order valence-electron chi connectivity index (χ0n) is 19.0. The van der Waals surface area contributed by atoms with Gasteiger partial charge in [-0.15, -0.1) is 0 Å². The fraction of sp³-hybridized carbons (Fsp3) is 0.500. The number of hydrogen-bond donors (Lipinski definition) is 1. The van der Waals surface area contributed by atoms with Gasteiger partial charge in [-0.1, -0.05) is 0 Å². The second-order valence-electron chi connectivity index (χ2n) is 8.79. The number of benzene rings is 1. The predicted octanol–water partition coefficient (Wildman–Crippen LogP) is 3.59. The molecule has 0 radical (unpaired) electrons. The van der Waals surface area contributed by atoms with Gasteiger partial charge in [0, 0.05) is 37.5 Å². The van der Waals surface area contributed by atoms with Crippen molar-refractivity contribution in [3.8, 4) is 22.8 Å². The molecule has 1 saturated heterocycles. The number of pyridine rings is 1. The van der Waals surface area contributed by atoms with Crippen molar-refractivity contribution in [2.75, 3.05) is 31.9 Å². The van der Waals surface area contributed by atoms with Crippen molar-refractivity contribution in [2.24, 2.45) is 0 Å². The van der Waals surface area contributed by atoms with Gasteiger partial charge in [0.2, 0.25) is 0 Å². The molecule has 8 nitrogen and oxygen atoms in total. The smallest absolute Gasteiger partial charge is 0.341 e. The van der Waals surface area contributed by atoms with E-state index in [9.17, 15) is 14.7 Å². The number of hydrogen-bond acceptors (Lipinski definition) is 6. The first-order chi connectivity index (χ1) is 15.3. The topological polar surface area (TPSA) is 90.2 Å². The highest BCUT2D eigenvalue weighted by Crippen LogP contribution is 2.50. The fourth-order valence-corrected chi connectivity index (χ4v) is 4.77. The number of fused-ring (bicyclic) bond motifs is 6. The summed E-state index contributed by atoms with van der Waals surface area (Å²) in [5, 5.41) is 11.7. The number of carboxylic acids is 1. The normalized spacial score (nSPS) is 18.0. The average Bonchev–Trinajstić information content (AvgIpc) is 3.08. The van der Waals surface area contributed by atoms with E-state index in [2.05, 4.69) is 18.9 Å². The van der Waals surface area contributed by atoms with E-state index in [-0.39, 0.29) is 17.1 Å². The van der Waals surface area contributed by atoms with E-state index in [1.807, 2.05) is 23.7 Å². The van der Waals surface area contributed by atoms with E-state index in [0.717, 1.165) is 30.4 Å². The first-order valence-corrected chi connectivity index (χ1v) is 11.0. The van der Waals surface area contributed by atoms with Crippen molar-refractivity contribution < 1.29 is 24.1 Å². The van der Waals surface area contributed by atoms with Gasteiger partial charge in [-0.25, -0.2) is 4.79 Å². The van der Waals surface area contributed by atoms with Crippen molar-refractivity contribution in [1.29, 1.82) is 0 Å². The molecule has 1 fully saturated rings. The Hall–Kier alpha value is -3.00. The molecule has 32 heavy (non-hydrogen) atoms. The molecule has 3 heterocycles. The number of aromatic nitrogens is 1. The average molecular weight is 443 g/mol. The highest BCUT2D eigenvalue weighted by atomic mass is 16.5. The van der Waals surface area contributed by atoms with Crippen LogP contribution in [0, 0.1) is 0 Å². The van der Waals surface area contributed by atoms with Gasteiger partial charge in [0.15, 0.2) is 16.9 Å². The number of nitrogens with zero attached hydrogens (tertiary/aromatic N) is 2. The molecule has 0 spiro atoms. The van der Waals surface area contributed by atoms with E-state index in [0.29, 0.717) is 37.0 Å². The highest BCUT2D eigenvalue weighted by Gasteiger charge is 2.45. The maximum absolute atomic E-state index is 12.6. The van der Waals surface area contributed by atoms with Crippen LogP contribution in [0.2, 0.25) is 0 Å². The molecule has 0 bridgehead atoms. The van der Waals surface area contributed by atoms with Gasteiger partial charge in [-0.05, 0) is 51.3 Å². The molecule has 172 valence electrons. The third-order valence-corrected chi connectivity index (χ3v) is 6.30. The molecule has 0 amide bonds. The van der Waals surface area contributed by atoms with E-state index in [1.54, 1.807) is 7.11 Å². The summed E-state index contributed by atoms with van der Waals surface area (Å²) in [6, 6.07) is 5.34. The van der Waals surface area contributed by atoms with Crippen LogP contribution in [-0.4, -0.2) is 48.2 Å². The summed E-state index contributed by atoms with van der Waals surface area (Å²) in [6.45, 7) is 8.05. The SMILES string of the molecule is CCOCCCOc1cc2c(cc1OC)-c1cc(=O)c(C(=O)O)cn1N1[C@@H]2CCC1(C)C. The number of ether oxygens (including phenoxy) is 3. The van der Waals surface area contributed by atoms with E-state index < -0.39 is 11.4 Å². The molecule has 1 aromatic heterocycles. The van der Waals surface area contributed by atoms with Crippen molar-refractivity contribution in [1.82, 2.24) is 4.68 Å². The second-order valence-corrected chi connectivity index (χ2v) is 8.79. The van der Waals surface area contributed by atoms with Crippen LogP contribution < -0.4 is 19.9 Å². The molecular weight excluding hydrogens is 412 g/mol. The zero-order valence-corrected chi connectivity index (χ0v) is 19.0. The second kappa shape index (κ2) is 8.50. The molecule has 2 aliphatic rings. The Balaban J connectivity index is 1.82. The van der Waals surface area contributed by atoms with Crippen molar-refractivity contribution in [3.63, 3.8) is 0 Å². The zero-order chi connectivity index (χ0) is 23.0. The van der Waals surface area contributed by atoms with Crippen LogP contribution in [-0.2, 0) is 4.74 Å². The molecule has 0 aliphatic carbocycles. The predicted molar refractivity (Wildman–Crippen MR) is 121 cm³/mol. The first kappa shape index (κ1) is 22.2. The van der Waals surface area contributed by atoms with Crippen molar-refractivity contribution in [2.45, 2.75) is 51.6 Å². The monoisotopic (exact) mass is 442 g/mol. The minimum atomic E-state index is -1.22. The number of carbonyl (C=O) groups is 1. The number of methoxy groups -OCH3 is 1. The van der Waals surface area contributed by atoms with Crippen LogP contribution in [0.25, 0.3) is 11.3 Å². The Morgan fingerprint density at radius 1 is 1.22 bits per heavy atom. The molecule has 2 aliphatic heterocycles. The summed E-state index contributed by atoms with van der Waals surface area (Å²) in [5.74, 6) is 0.00978. The van der Waals surface area contributed by atoms with Crippen LogP contribution in [0.15, 0.2) is 29.2 Å². The van der Waals surface area contributed by atoms with Crippen LogP contribution in [0.1, 0.15) is 62.0 Å². The molecule has 4 rings (SSSR count). The van der Waals surface area contributed by atoms with Gasteiger partial charge in [0.1, 0.15) is 5.56 Å². The maximum atomic E-state index is 12.6. The maximum Gasteiger partial charge on any atom is 0.341 e. The standard InChI is InChI=1S/C24H30N2O6/c1-5-31-9-6-10-32-22-12-15-16(11-21(22)30-4)19-13-20(27)17(23(28)29)14-25(19)26-18(15)7-8-24(26,2)3/h11-14,18H,5-10H2,1-4H3,(H,28,29)/t18-/m1/s1. The van der Waals surface area contributed by atoms with E-state index >= 15 is 0 Å². The molecule has 8 heteroatoms. The van der Waals surface area contributed by atoms with Crippen LogP contribution >= 0.6 is 0 Å². The highest BCUT2D eigenvalue weighted by molar-refractivity contribution is 5.88. The fourth-order valence-electron chi connectivity index (χ4n) is 4.77. The van der Waals surface area contributed by atoms with Crippen LogP contribution in [0.4, 0.5) is 0 Å². The lowest BCUT2D eigenvalue weighted by molar-refractivity contribution is 0.0694. The molecule has 0 saturated carbocycles. The lowest BCUT2D eigenvalue weighted by Crippen LogP contribution is -2.50. The first-order valence-electron chi connectivity index (χ1n) is 11.0. The summed E-state index contributed by atoms with van der Waals surface area (Å²) < 4.78 is 18.9. The number of carboxylic acid groups (broad SMARTS) is 1. The van der Waals surface area contributed by atoms with Crippen molar-refractivity contribution in [3.05, 3.63) is 45.7 Å². The molecular formula is C24H30N2O6. The Morgan fingerprint density at radius 2 is 2.00 bits per heavy atom. The minimum Gasteiger partial charge on any atom is -0.493 e. The van der Waals surface area contributed by atoms with Gasteiger partial charge >= 0.3 is 5.97 Å². The molecule has 1 aromatic carbocycles. The van der Waals surface area contributed by atoms with E-state index in [1.165, 1.54) is 12.3 Å². The summed E-state index contributed by atoms with van der Waals surface area (Å²) in [6.07, 6.45) is 4.06. The third kappa shape index (κ3) is 3.72. The largest absolute Gasteiger partial charge is 0.493 e. The molecule has 1 N–H and O–H groups in total. The molecule has 1 atom stereocenters. The Morgan fingerprint density at radius 3 is 2.69 bits per heavy atom. The Bertz CT molecular complexity index is 1090. The summed E-state index contributed by atoms with van der Waals surface area (Å²) in [5.41, 5.74) is 1.61. The quantitative estimate of drug-likeness (QED) is 0.625.